The van der Waals surface area contributed by atoms with Crippen LogP contribution in [0.3, 0.4) is 0 Å². The van der Waals surface area contributed by atoms with Crippen molar-refractivity contribution in [2.75, 3.05) is 6.61 Å². The second kappa shape index (κ2) is 47.6. The van der Waals surface area contributed by atoms with Crippen molar-refractivity contribution in [2.45, 2.75) is 264 Å². The number of aliphatic hydroxyl groups excluding tert-OH is 2. The molecule has 0 radical (unpaired) electrons. The Morgan fingerprint density at radius 3 is 1.33 bits per heavy atom. The molecular weight excluding hydrogens is 743 g/mol. The zero-order valence-electron chi connectivity index (χ0n) is 39.6. The van der Waals surface area contributed by atoms with E-state index in [9.17, 15) is 19.8 Å². The predicted octanol–water partition coefficient (Wildman–Crippen LogP) is 15.2. The van der Waals surface area contributed by atoms with Gasteiger partial charge in [0.25, 0.3) is 0 Å². The zero-order valence-corrected chi connectivity index (χ0v) is 39.6. The van der Waals surface area contributed by atoms with E-state index >= 15 is 0 Å². The highest BCUT2D eigenvalue weighted by atomic mass is 16.5. The summed E-state index contributed by atoms with van der Waals surface area (Å²) in [6, 6.07) is -0.718. The van der Waals surface area contributed by atoms with E-state index in [0.717, 1.165) is 83.5 Å². The average molecular weight is 840 g/mol. The van der Waals surface area contributed by atoms with Gasteiger partial charge in [-0.3, -0.25) is 9.59 Å². The van der Waals surface area contributed by atoms with Crippen LogP contribution in [-0.4, -0.2) is 46.9 Å². The van der Waals surface area contributed by atoms with Gasteiger partial charge in [0.15, 0.2) is 0 Å². The van der Waals surface area contributed by atoms with E-state index in [1.54, 1.807) is 0 Å². The number of aliphatic hydroxyl groups is 2. The van der Waals surface area contributed by atoms with Crippen molar-refractivity contribution in [3.05, 3.63) is 60.8 Å². The number of hydrogen-bond acceptors (Lipinski definition) is 5. The van der Waals surface area contributed by atoms with Crippen molar-refractivity contribution < 1.29 is 24.5 Å². The fourth-order valence-electron chi connectivity index (χ4n) is 7.52. The van der Waals surface area contributed by atoms with Crippen molar-refractivity contribution >= 4 is 11.9 Å². The Morgan fingerprint density at radius 2 is 0.900 bits per heavy atom. The minimum Gasteiger partial charge on any atom is -0.462 e. The normalized spacial score (nSPS) is 13.8. The number of carbonyl (C=O) groups excluding carboxylic acids is 2. The van der Waals surface area contributed by atoms with Crippen LogP contribution in [0.1, 0.15) is 245 Å². The zero-order chi connectivity index (χ0) is 43.8. The molecule has 6 nitrogen and oxygen atoms in total. The molecule has 0 heterocycles. The van der Waals surface area contributed by atoms with Crippen LogP contribution in [-0.2, 0) is 14.3 Å². The highest BCUT2D eigenvalue weighted by molar-refractivity contribution is 5.77. The van der Waals surface area contributed by atoms with E-state index in [4.69, 9.17) is 4.74 Å². The molecule has 0 fully saturated rings. The summed E-state index contributed by atoms with van der Waals surface area (Å²) < 4.78 is 5.90. The molecule has 3 unspecified atom stereocenters. The first-order valence-electron chi connectivity index (χ1n) is 25.5. The van der Waals surface area contributed by atoms with Gasteiger partial charge < -0.3 is 20.3 Å². The van der Waals surface area contributed by atoms with Crippen LogP contribution in [0, 0.1) is 0 Å². The minimum atomic E-state index is -0.801. The molecule has 1 amide bonds. The van der Waals surface area contributed by atoms with Crippen LogP contribution in [0.15, 0.2) is 60.8 Å². The number of esters is 1. The molecule has 3 atom stereocenters. The summed E-state index contributed by atoms with van der Waals surface area (Å²) in [5.41, 5.74) is 0. The summed E-state index contributed by atoms with van der Waals surface area (Å²) in [5, 5.41) is 23.7. The quantitative estimate of drug-likeness (QED) is 0.0322. The Hall–Kier alpha value is -2.44. The van der Waals surface area contributed by atoms with Crippen molar-refractivity contribution in [1.29, 1.82) is 0 Å². The lowest BCUT2D eigenvalue weighted by molar-refractivity contribution is -0.151. The van der Waals surface area contributed by atoms with Gasteiger partial charge in [-0.2, -0.15) is 0 Å². The van der Waals surface area contributed by atoms with Gasteiger partial charge in [-0.15, -0.1) is 0 Å². The average Bonchev–Trinajstić information content (AvgIpc) is 3.24. The van der Waals surface area contributed by atoms with Crippen LogP contribution >= 0.6 is 0 Å². The van der Waals surface area contributed by atoms with Crippen molar-refractivity contribution in [2.24, 2.45) is 0 Å². The number of allylic oxidation sites excluding steroid dienone is 10. The van der Waals surface area contributed by atoms with E-state index in [0.29, 0.717) is 19.3 Å². The van der Waals surface area contributed by atoms with Crippen LogP contribution in [0.5, 0.6) is 0 Å². The first kappa shape index (κ1) is 57.6. The summed E-state index contributed by atoms with van der Waals surface area (Å²) in [6.45, 7) is 6.34. The Morgan fingerprint density at radius 1 is 0.500 bits per heavy atom. The largest absolute Gasteiger partial charge is 0.462 e. The van der Waals surface area contributed by atoms with Gasteiger partial charge in [-0.1, -0.05) is 229 Å². The first-order chi connectivity index (χ1) is 29.5. The van der Waals surface area contributed by atoms with Crippen LogP contribution in [0.25, 0.3) is 0 Å². The lowest BCUT2D eigenvalue weighted by atomic mass is 10.0. The molecule has 0 aliphatic heterocycles. The molecule has 0 aliphatic carbocycles. The number of amides is 1. The summed E-state index contributed by atoms with van der Waals surface area (Å²) in [6.07, 6.45) is 58.5. The molecule has 0 spiro atoms. The highest BCUT2D eigenvalue weighted by Gasteiger charge is 2.24. The third kappa shape index (κ3) is 42.3. The number of carbonyl (C=O) groups is 2. The Kier molecular flexibility index (Phi) is 45.7. The maximum Gasteiger partial charge on any atom is 0.306 e. The molecule has 0 aromatic carbocycles. The molecule has 6 heteroatoms. The summed E-state index contributed by atoms with van der Waals surface area (Å²) in [4.78, 5) is 26.1. The van der Waals surface area contributed by atoms with Crippen LogP contribution in [0.4, 0.5) is 0 Å². The van der Waals surface area contributed by atoms with Gasteiger partial charge in [0, 0.05) is 6.42 Å². The fourth-order valence-corrected chi connectivity index (χ4v) is 7.52. The third-order valence-electron chi connectivity index (χ3n) is 11.4. The SMILES string of the molecule is CC/C=C\C/C=C\C/C=C\C/C=C\C/C=C\CCCC(CC(=O)NC(CO)C(O)CCCCCCCCCCCC)OC(=O)CCCCCCCCCCCCCCCC. The lowest BCUT2D eigenvalue weighted by Gasteiger charge is -2.24. The third-order valence-corrected chi connectivity index (χ3v) is 11.4. The Labute approximate surface area is 371 Å². The van der Waals surface area contributed by atoms with Crippen LogP contribution in [0.2, 0.25) is 0 Å². The van der Waals surface area contributed by atoms with Gasteiger partial charge in [0.1, 0.15) is 6.10 Å². The molecule has 0 rings (SSSR count). The summed E-state index contributed by atoms with van der Waals surface area (Å²) >= 11 is 0. The van der Waals surface area contributed by atoms with Gasteiger partial charge in [-0.05, 0) is 64.2 Å². The van der Waals surface area contributed by atoms with Crippen molar-refractivity contribution in [3.63, 3.8) is 0 Å². The van der Waals surface area contributed by atoms with E-state index in [1.807, 2.05) is 0 Å². The van der Waals surface area contributed by atoms with E-state index < -0.39 is 18.2 Å². The number of nitrogens with one attached hydrogen (secondary N) is 1. The first-order valence-corrected chi connectivity index (χ1v) is 25.5. The molecule has 0 saturated carbocycles. The lowest BCUT2D eigenvalue weighted by Crippen LogP contribution is -2.46. The second-order valence-corrected chi connectivity index (χ2v) is 17.2. The summed E-state index contributed by atoms with van der Waals surface area (Å²) in [7, 11) is 0. The van der Waals surface area contributed by atoms with E-state index in [-0.39, 0.29) is 24.9 Å². The van der Waals surface area contributed by atoms with Crippen molar-refractivity contribution in [3.8, 4) is 0 Å². The molecular formula is C54H97NO5. The maximum absolute atomic E-state index is 13.2. The standard InChI is InChI=1S/C54H97NO5/c1-4-7-10-13-16-19-22-24-26-27-28-29-31-33-36-39-42-45-50(60-54(59)47-44-41-38-35-32-30-25-23-20-17-14-11-8-5-2)48-53(58)55-51(49-56)52(57)46-43-40-37-34-21-18-15-12-9-6-3/h7,10,16,19,24,26,28-29,33,36,50-52,56-57H,4-6,8-9,11-15,17-18,20-23,25,27,30-32,34-35,37-49H2,1-3H3,(H,55,58)/b10-7-,19-16-,26-24-,29-28-,36-33-. The molecule has 0 saturated heterocycles. The minimum absolute atomic E-state index is 0.0393. The fraction of sp³-hybridized carbons (Fsp3) is 0.778. The highest BCUT2D eigenvalue weighted by Crippen LogP contribution is 2.17. The Bertz CT molecular complexity index is 1080. The molecule has 0 bridgehead atoms. The van der Waals surface area contributed by atoms with Gasteiger partial charge in [0.05, 0.1) is 25.2 Å². The number of ether oxygens (including phenoxy) is 1. The van der Waals surface area contributed by atoms with Crippen LogP contribution < -0.4 is 5.32 Å². The number of rotatable bonds is 45. The van der Waals surface area contributed by atoms with Crippen molar-refractivity contribution in [1.82, 2.24) is 5.32 Å². The topological polar surface area (TPSA) is 95.9 Å². The predicted molar refractivity (Wildman–Crippen MR) is 259 cm³/mol. The smallest absolute Gasteiger partial charge is 0.306 e. The summed E-state index contributed by atoms with van der Waals surface area (Å²) in [5.74, 6) is -0.526. The van der Waals surface area contributed by atoms with Gasteiger partial charge >= 0.3 is 5.97 Å². The van der Waals surface area contributed by atoms with Gasteiger partial charge in [0.2, 0.25) is 5.91 Å². The number of unbranched alkanes of at least 4 members (excludes halogenated alkanes) is 23. The molecule has 60 heavy (non-hydrogen) atoms. The molecule has 0 aromatic rings. The second-order valence-electron chi connectivity index (χ2n) is 17.2. The number of hydrogen-bond donors (Lipinski definition) is 3. The van der Waals surface area contributed by atoms with E-state index in [1.165, 1.54) is 116 Å². The molecule has 3 N–H and O–H groups in total. The maximum atomic E-state index is 13.2. The van der Waals surface area contributed by atoms with Gasteiger partial charge in [-0.25, -0.2) is 0 Å². The Balaban J connectivity index is 4.69. The molecule has 0 aliphatic rings. The molecule has 0 aromatic heterocycles. The monoisotopic (exact) mass is 840 g/mol. The van der Waals surface area contributed by atoms with E-state index in [2.05, 4.69) is 86.8 Å². The molecule has 348 valence electrons.